The highest BCUT2D eigenvalue weighted by atomic mass is 32.1. The van der Waals surface area contributed by atoms with Gasteiger partial charge in [-0.2, -0.15) is 0 Å². The van der Waals surface area contributed by atoms with Crippen LogP contribution in [0.5, 0.6) is 0 Å². The third-order valence-electron chi connectivity index (χ3n) is 4.32. The number of rotatable bonds is 4. The van der Waals surface area contributed by atoms with Crippen molar-refractivity contribution in [2.75, 3.05) is 5.32 Å². The third-order valence-corrected chi connectivity index (χ3v) is 6.22. The van der Waals surface area contributed by atoms with Gasteiger partial charge in [-0.3, -0.25) is 9.36 Å². The fourth-order valence-corrected chi connectivity index (χ4v) is 4.90. The van der Waals surface area contributed by atoms with Crippen molar-refractivity contribution in [2.24, 2.45) is 0 Å². The van der Waals surface area contributed by atoms with E-state index in [9.17, 15) is 9.59 Å². The number of anilines is 1. The lowest BCUT2D eigenvalue weighted by Gasteiger charge is -2.05. The lowest BCUT2D eigenvalue weighted by atomic mass is 10.3. The van der Waals surface area contributed by atoms with E-state index in [4.69, 9.17) is 4.42 Å². The minimum absolute atomic E-state index is 0.118. The number of oxazole rings is 1. The molecule has 138 valence electrons. The second kappa shape index (κ2) is 6.74. The zero-order valence-corrected chi connectivity index (χ0v) is 16.0. The molecule has 0 radical (unpaired) electrons. The molecular weight excluding hydrogens is 394 g/mol. The van der Waals surface area contributed by atoms with Crippen molar-refractivity contribution in [3.05, 3.63) is 70.5 Å². The summed E-state index contributed by atoms with van der Waals surface area (Å²) < 4.78 is 7.61. The lowest BCUT2D eigenvalue weighted by Crippen LogP contribution is -2.24. The van der Waals surface area contributed by atoms with Gasteiger partial charge < -0.3 is 9.73 Å². The third kappa shape index (κ3) is 2.92. The second-order valence-corrected chi connectivity index (χ2v) is 8.07. The van der Waals surface area contributed by atoms with Crippen LogP contribution < -0.4 is 11.1 Å². The molecule has 0 saturated carbocycles. The number of carbonyl (C=O) groups is 1. The number of fused-ring (bicyclic) bond motifs is 2. The van der Waals surface area contributed by atoms with Gasteiger partial charge in [0, 0.05) is 5.56 Å². The maximum absolute atomic E-state index is 12.6. The molecule has 6 nitrogen and oxygen atoms in total. The zero-order chi connectivity index (χ0) is 19.1. The van der Waals surface area contributed by atoms with Crippen LogP contribution >= 0.6 is 22.7 Å². The predicted octanol–water partition coefficient (Wildman–Crippen LogP) is 4.57. The van der Waals surface area contributed by atoms with E-state index in [-0.39, 0.29) is 12.5 Å². The summed E-state index contributed by atoms with van der Waals surface area (Å²) in [7, 11) is 0. The first-order chi connectivity index (χ1) is 13.7. The largest absolute Gasteiger partial charge is 0.420 e. The number of para-hydroxylation sites is 3. The van der Waals surface area contributed by atoms with E-state index in [0.717, 1.165) is 20.8 Å². The van der Waals surface area contributed by atoms with Crippen LogP contribution in [0.3, 0.4) is 0 Å². The minimum Gasteiger partial charge on any atom is -0.408 e. The molecule has 1 amide bonds. The highest BCUT2D eigenvalue weighted by Gasteiger charge is 2.16. The Labute approximate surface area is 166 Å². The van der Waals surface area contributed by atoms with E-state index in [1.54, 1.807) is 35.6 Å². The normalized spacial score (nSPS) is 11.3. The molecule has 0 aliphatic carbocycles. The smallest absolute Gasteiger partial charge is 0.408 e. The Balaban J connectivity index is 1.42. The molecule has 28 heavy (non-hydrogen) atoms. The van der Waals surface area contributed by atoms with Gasteiger partial charge >= 0.3 is 5.76 Å². The Morgan fingerprint density at radius 3 is 2.82 bits per heavy atom. The van der Waals surface area contributed by atoms with Crippen molar-refractivity contribution in [3.8, 4) is 10.6 Å². The highest BCUT2D eigenvalue weighted by Crippen LogP contribution is 2.37. The van der Waals surface area contributed by atoms with E-state index in [0.29, 0.717) is 16.1 Å². The van der Waals surface area contributed by atoms with E-state index in [1.165, 1.54) is 15.9 Å². The summed E-state index contributed by atoms with van der Waals surface area (Å²) in [5, 5.41) is 6.39. The van der Waals surface area contributed by atoms with Crippen LogP contribution in [-0.2, 0) is 11.3 Å². The Hall–Kier alpha value is -3.23. The maximum Gasteiger partial charge on any atom is 0.420 e. The molecule has 5 aromatic rings. The zero-order valence-electron chi connectivity index (χ0n) is 14.4. The quantitative estimate of drug-likeness (QED) is 0.473. The van der Waals surface area contributed by atoms with Crippen LogP contribution in [0.1, 0.15) is 0 Å². The van der Waals surface area contributed by atoms with Crippen LogP contribution in [0.25, 0.3) is 31.9 Å². The van der Waals surface area contributed by atoms with Crippen molar-refractivity contribution in [1.82, 2.24) is 9.55 Å². The predicted molar refractivity (Wildman–Crippen MR) is 112 cm³/mol. The Bertz CT molecular complexity index is 1340. The average molecular weight is 407 g/mol. The molecule has 0 aliphatic heterocycles. The van der Waals surface area contributed by atoms with Gasteiger partial charge in [0.05, 0.1) is 15.7 Å². The summed E-state index contributed by atoms with van der Waals surface area (Å²) >= 11 is 3.01. The standard InChI is InChI=1S/C20H13N3O3S2/c24-17(11-23-14-6-2-3-7-15(14)26-20(23)25)22-18-12(9-10-27-18)19-21-13-5-1-4-8-16(13)28-19/h1-10H,11H2,(H,22,24). The molecule has 0 saturated heterocycles. The molecule has 8 heteroatoms. The molecule has 3 heterocycles. The number of amides is 1. The van der Waals surface area contributed by atoms with E-state index in [2.05, 4.69) is 10.3 Å². The van der Waals surface area contributed by atoms with Crippen LogP contribution in [0.2, 0.25) is 0 Å². The number of carbonyl (C=O) groups excluding carboxylic acids is 1. The number of hydrogen-bond acceptors (Lipinski definition) is 6. The summed E-state index contributed by atoms with van der Waals surface area (Å²) in [6.45, 7) is -0.118. The van der Waals surface area contributed by atoms with Gasteiger partial charge in [0.2, 0.25) is 5.91 Å². The van der Waals surface area contributed by atoms with Crippen molar-refractivity contribution in [3.63, 3.8) is 0 Å². The molecule has 0 bridgehead atoms. The molecule has 3 aromatic heterocycles. The minimum atomic E-state index is -0.547. The van der Waals surface area contributed by atoms with E-state index in [1.807, 2.05) is 35.7 Å². The summed E-state index contributed by atoms with van der Waals surface area (Å²) in [4.78, 5) is 29.3. The maximum atomic E-state index is 12.6. The summed E-state index contributed by atoms with van der Waals surface area (Å²) in [5.74, 6) is -0.840. The van der Waals surface area contributed by atoms with Gasteiger partial charge in [0.15, 0.2) is 5.58 Å². The van der Waals surface area contributed by atoms with Crippen molar-refractivity contribution in [1.29, 1.82) is 0 Å². The Morgan fingerprint density at radius 2 is 1.93 bits per heavy atom. The number of thiophene rings is 1. The van der Waals surface area contributed by atoms with Gasteiger partial charge in [-0.15, -0.1) is 22.7 Å². The van der Waals surface area contributed by atoms with Crippen LogP contribution in [-0.4, -0.2) is 15.5 Å². The van der Waals surface area contributed by atoms with Crippen molar-refractivity contribution in [2.45, 2.75) is 6.54 Å². The van der Waals surface area contributed by atoms with Crippen LogP contribution in [0.4, 0.5) is 5.00 Å². The number of nitrogens with zero attached hydrogens (tertiary/aromatic N) is 2. The molecule has 2 aromatic carbocycles. The topological polar surface area (TPSA) is 77.1 Å². The molecule has 0 atom stereocenters. The Kier molecular flexibility index (Phi) is 4.07. The van der Waals surface area contributed by atoms with Gasteiger partial charge in [-0.1, -0.05) is 24.3 Å². The molecule has 0 aliphatic rings. The summed E-state index contributed by atoms with van der Waals surface area (Å²) in [6, 6.07) is 16.9. The number of aromatic nitrogens is 2. The van der Waals surface area contributed by atoms with Gasteiger partial charge in [0.25, 0.3) is 0 Å². The van der Waals surface area contributed by atoms with Crippen molar-refractivity contribution < 1.29 is 9.21 Å². The van der Waals surface area contributed by atoms with Gasteiger partial charge in [-0.05, 0) is 35.7 Å². The summed E-state index contributed by atoms with van der Waals surface area (Å²) in [5.41, 5.74) is 2.87. The first-order valence-corrected chi connectivity index (χ1v) is 10.2. The Morgan fingerprint density at radius 1 is 1.11 bits per heavy atom. The summed E-state index contributed by atoms with van der Waals surface area (Å²) in [6.07, 6.45) is 0. The molecule has 0 fully saturated rings. The number of nitrogens with one attached hydrogen (secondary N) is 1. The highest BCUT2D eigenvalue weighted by molar-refractivity contribution is 7.22. The second-order valence-electron chi connectivity index (χ2n) is 6.12. The molecule has 1 N–H and O–H groups in total. The number of thiazole rings is 1. The molecule has 0 spiro atoms. The van der Waals surface area contributed by atoms with Crippen LogP contribution in [0, 0.1) is 0 Å². The van der Waals surface area contributed by atoms with Crippen LogP contribution in [0.15, 0.2) is 69.2 Å². The fraction of sp³-hybridized carbons (Fsp3) is 0.0500. The fourth-order valence-electron chi connectivity index (χ4n) is 3.04. The number of benzene rings is 2. The molecule has 0 unspecified atom stereocenters. The first-order valence-electron chi connectivity index (χ1n) is 8.51. The van der Waals surface area contributed by atoms with Gasteiger partial charge in [0.1, 0.15) is 16.6 Å². The first kappa shape index (κ1) is 16.9. The van der Waals surface area contributed by atoms with Gasteiger partial charge in [-0.25, -0.2) is 9.78 Å². The van der Waals surface area contributed by atoms with E-state index >= 15 is 0 Å². The number of hydrogen-bond donors (Lipinski definition) is 1. The SMILES string of the molecule is O=C(Cn1c(=O)oc2ccccc21)Nc1sccc1-c1nc2ccccc2s1. The lowest BCUT2D eigenvalue weighted by molar-refractivity contribution is -0.116. The molecular formula is C20H13N3O3S2. The monoisotopic (exact) mass is 407 g/mol. The average Bonchev–Trinajstić information content (AvgIpc) is 3.39. The van der Waals surface area contributed by atoms with E-state index < -0.39 is 5.76 Å². The van der Waals surface area contributed by atoms with Crippen molar-refractivity contribution >= 4 is 54.9 Å². The molecule has 5 rings (SSSR count).